The Morgan fingerprint density at radius 2 is 1.90 bits per heavy atom. The second-order valence-electron chi connectivity index (χ2n) is 4.97. The second-order valence-corrected chi connectivity index (χ2v) is 4.97. The number of amides is 2. The van der Waals surface area contributed by atoms with Gasteiger partial charge in [0.05, 0.1) is 6.04 Å². The van der Waals surface area contributed by atoms with Gasteiger partial charge in [0, 0.05) is 6.04 Å². The molecule has 2 atom stereocenters. The van der Waals surface area contributed by atoms with Crippen molar-refractivity contribution in [2.75, 3.05) is 0 Å². The number of carbonyl (C=O) groups is 2. The summed E-state index contributed by atoms with van der Waals surface area (Å²) in [6.45, 7) is 0. The molecule has 0 spiro atoms. The van der Waals surface area contributed by atoms with Crippen LogP contribution in [0.2, 0.25) is 0 Å². The Morgan fingerprint density at radius 3 is 2.45 bits per heavy atom. The van der Waals surface area contributed by atoms with Crippen LogP contribution in [0.1, 0.15) is 18.4 Å². The van der Waals surface area contributed by atoms with Crippen molar-refractivity contribution in [3.8, 4) is 0 Å². The van der Waals surface area contributed by atoms with Crippen LogP contribution in [0.4, 0.5) is 4.79 Å². The van der Waals surface area contributed by atoms with Gasteiger partial charge in [-0.25, -0.2) is 4.79 Å². The SMILES string of the molecule is O=C(O)N[C@@H](Cc1ccccc1)C(O)C(=O)NC1CC1. The van der Waals surface area contributed by atoms with Crippen molar-refractivity contribution in [1.82, 2.24) is 10.6 Å². The van der Waals surface area contributed by atoms with E-state index in [0.717, 1.165) is 18.4 Å². The molecule has 108 valence electrons. The largest absolute Gasteiger partial charge is 0.465 e. The second kappa shape index (κ2) is 6.38. The number of carboxylic acid groups (broad SMARTS) is 1. The van der Waals surface area contributed by atoms with Gasteiger partial charge in [-0.3, -0.25) is 4.79 Å². The Labute approximate surface area is 116 Å². The van der Waals surface area contributed by atoms with E-state index in [2.05, 4.69) is 10.6 Å². The van der Waals surface area contributed by atoms with Crippen molar-refractivity contribution in [2.24, 2.45) is 0 Å². The number of hydrogen-bond donors (Lipinski definition) is 4. The van der Waals surface area contributed by atoms with E-state index in [4.69, 9.17) is 5.11 Å². The smallest absolute Gasteiger partial charge is 0.404 e. The fraction of sp³-hybridized carbons (Fsp3) is 0.429. The van der Waals surface area contributed by atoms with E-state index in [0.29, 0.717) is 0 Å². The van der Waals surface area contributed by atoms with Crippen molar-refractivity contribution < 1.29 is 19.8 Å². The average molecular weight is 278 g/mol. The van der Waals surface area contributed by atoms with E-state index in [9.17, 15) is 14.7 Å². The van der Waals surface area contributed by atoms with Gasteiger partial charge < -0.3 is 20.8 Å². The van der Waals surface area contributed by atoms with Crippen LogP contribution in [0, 0.1) is 0 Å². The van der Waals surface area contributed by atoms with Gasteiger partial charge in [-0.1, -0.05) is 30.3 Å². The molecule has 2 amide bonds. The first-order valence-electron chi connectivity index (χ1n) is 6.58. The van der Waals surface area contributed by atoms with Gasteiger partial charge in [-0.05, 0) is 24.8 Å². The summed E-state index contributed by atoms with van der Waals surface area (Å²) in [5.74, 6) is -0.526. The van der Waals surface area contributed by atoms with Crippen LogP contribution in [0.5, 0.6) is 0 Å². The van der Waals surface area contributed by atoms with Crippen LogP contribution >= 0.6 is 0 Å². The number of rotatable bonds is 6. The molecule has 2 rings (SSSR count). The van der Waals surface area contributed by atoms with Gasteiger partial charge >= 0.3 is 6.09 Å². The van der Waals surface area contributed by atoms with Crippen LogP contribution in [0.3, 0.4) is 0 Å². The number of aliphatic hydroxyl groups is 1. The molecule has 0 heterocycles. The normalized spacial score (nSPS) is 17.1. The van der Waals surface area contributed by atoms with Crippen molar-refractivity contribution in [2.45, 2.75) is 37.5 Å². The number of aliphatic hydroxyl groups excluding tert-OH is 1. The highest BCUT2D eigenvalue weighted by Gasteiger charge is 2.31. The molecule has 0 aromatic heterocycles. The van der Waals surface area contributed by atoms with E-state index in [1.54, 1.807) is 0 Å². The third-order valence-corrected chi connectivity index (χ3v) is 3.18. The summed E-state index contributed by atoms with van der Waals surface area (Å²) in [5, 5.41) is 23.7. The minimum atomic E-state index is -1.40. The highest BCUT2D eigenvalue weighted by Crippen LogP contribution is 2.19. The Kier molecular flexibility index (Phi) is 4.57. The molecule has 0 radical (unpaired) electrons. The quantitative estimate of drug-likeness (QED) is 0.609. The zero-order valence-electron chi connectivity index (χ0n) is 11.0. The Morgan fingerprint density at radius 1 is 1.25 bits per heavy atom. The Bertz CT molecular complexity index is 473. The summed E-state index contributed by atoms with van der Waals surface area (Å²) in [6, 6.07) is 8.39. The summed E-state index contributed by atoms with van der Waals surface area (Å²) >= 11 is 0. The molecule has 20 heavy (non-hydrogen) atoms. The minimum absolute atomic E-state index is 0.124. The Hall–Kier alpha value is -2.08. The maximum atomic E-state index is 11.8. The molecule has 1 aliphatic rings. The highest BCUT2D eigenvalue weighted by molar-refractivity contribution is 5.82. The van der Waals surface area contributed by atoms with Gasteiger partial charge in [0.1, 0.15) is 0 Å². The van der Waals surface area contributed by atoms with Crippen LogP contribution < -0.4 is 10.6 Å². The lowest BCUT2D eigenvalue weighted by molar-refractivity contribution is -0.130. The van der Waals surface area contributed by atoms with Gasteiger partial charge in [0.25, 0.3) is 5.91 Å². The highest BCUT2D eigenvalue weighted by atomic mass is 16.4. The molecule has 6 heteroatoms. The first-order chi connectivity index (χ1) is 9.56. The zero-order chi connectivity index (χ0) is 14.5. The van der Waals surface area contributed by atoms with Crippen LogP contribution in [0.15, 0.2) is 30.3 Å². The van der Waals surface area contributed by atoms with Crippen LogP contribution in [-0.4, -0.2) is 40.4 Å². The monoisotopic (exact) mass is 278 g/mol. The van der Waals surface area contributed by atoms with Crippen molar-refractivity contribution in [1.29, 1.82) is 0 Å². The van der Waals surface area contributed by atoms with E-state index < -0.39 is 24.1 Å². The fourth-order valence-electron chi connectivity index (χ4n) is 1.97. The molecule has 0 aliphatic heterocycles. The van der Waals surface area contributed by atoms with Gasteiger partial charge in [-0.15, -0.1) is 0 Å². The Balaban J connectivity index is 2.01. The molecule has 1 fully saturated rings. The molecule has 6 nitrogen and oxygen atoms in total. The van der Waals surface area contributed by atoms with Crippen molar-refractivity contribution >= 4 is 12.0 Å². The molecule has 1 saturated carbocycles. The van der Waals surface area contributed by atoms with Crippen LogP contribution in [0.25, 0.3) is 0 Å². The number of carbonyl (C=O) groups excluding carboxylic acids is 1. The molecular formula is C14H18N2O4. The third kappa shape index (κ3) is 4.24. The van der Waals surface area contributed by atoms with Crippen LogP contribution in [-0.2, 0) is 11.2 Å². The topological polar surface area (TPSA) is 98.7 Å². The first-order valence-corrected chi connectivity index (χ1v) is 6.58. The zero-order valence-corrected chi connectivity index (χ0v) is 11.0. The number of nitrogens with one attached hydrogen (secondary N) is 2. The maximum Gasteiger partial charge on any atom is 0.404 e. The molecule has 1 aromatic carbocycles. The molecular weight excluding hydrogens is 260 g/mol. The number of hydrogen-bond acceptors (Lipinski definition) is 3. The fourth-order valence-corrected chi connectivity index (χ4v) is 1.97. The molecule has 1 aliphatic carbocycles. The molecule has 1 aromatic rings. The molecule has 0 saturated heterocycles. The van der Waals surface area contributed by atoms with E-state index in [1.165, 1.54) is 0 Å². The van der Waals surface area contributed by atoms with E-state index in [1.807, 2.05) is 30.3 Å². The third-order valence-electron chi connectivity index (χ3n) is 3.18. The van der Waals surface area contributed by atoms with E-state index >= 15 is 0 Å². The average Bonchev–Trinajstić information content (AvgIpc) is 3.21. The predicted molar refractivity (Wildman–Crippen MR) is 72.3 cm³/mol. The van der Waals surface area contributed by atoms with E-state index in [-0.39, 0.29) is 12.5 Å². The summed E-state index contributed by atoms with van der Waals surface area (Å²) in [5.41, 5.74) is 0.851. The number of benzene rings is 1. The first kappa shape index (κ1) is 14.3. The van der Waals surface area contributed by atoms with Gasteiger partial charge in [-0.2, -0.15) is 0 Å². The summed E-state index contributed by atoms with van der Waals surface area (Å²) < 4.78 is 0. The van der Waals surface area contributed by atoms with Crippen molar-refractivity contribution in [3.05, 3.63) is 35.9 Å². The lowest BCUT2D eigenvalue weighted by Gasteiger charge is -2.22. The molecule has 4 N–H and O–H groups in total. The summed E-state index contributed by atoms with van der Waals surface area (Å²) in [4.78, 5) is 22.6. The lowest BCUT2D eigenvalue weighted by atomic mass is 10.0. The lowest BCUT2D eigenvalue weighted by Crippen LogP contribution is -2.51. The van der Waals surface area contributed by atoms with Crippen molar-refractivity contribution in [3.63, 3.8) is 0 Å². The van der Waals surface area contributed by atoms with Gasteiger partial charge in [0.15, 0.2) is 6.10 Å². The maximum absolute atomic E-state index is 11.8. The summed E-state index contributed by atoms with van der Waals surface area (Å²) in [6.07, 6.45) is -0.578. The predicted octanol–water partition coefficient (Wildman–Crippen LogP) is 0.505. The van der Waals surface area contributed by atoms with Gasteiger partial charge in [0.2, 0.25) is 0 Å². The molecule has 0 bridgehead atoms. The standard InChI is InChI=1S/C14H18N2O4/c17-12(13(18)15-10-6-7-10)11(16-14(19)20)8-9-4-2-1-3-5-9/h1-5,10-12,16-17H,6-8H2,(H,15,18)(H,19,20)/t11-,12?/m0/s1. The summed E-state index contributed by atoms with van der Waals surface area (Å²) in [7, 11) is 0. The molecule has 1 unspecified atom stereocenters. The minimum Gasteiger partial charge on any atom is -0.465 e.